The van der Waals surface area contributed by atoms with Gasteiger partial charge in [0, 0.05) is 6.20 Å². The van der Waals surface area contributed by atoms with Gasteiger partial charge in [-0.2, -0.15) is 0 Å². The molecule has 0 aromatic carbocycles. The number of amides is 1. The smallest absolute Gasteiger partial charge is 0.326 e. The van der Waals surface area contributed by atoms with Gasteiger partial charge in [-0.05, 0) is 18.6 Å². The highest BCUT2D eigenvalue weighted by Crippen LogP contribution is 1.98. The summed E-state index contributed by atoms with van der Waals surface area (Å²) in [6.45, 7) is 3.43. The molecule has 0 saturated heterocycles. The maximum absolute atomic E-state index is 11.6. The Morgan fingerprint density at radius 1 is 1.56 bits per heavy atom. The van der Waals surface area contributed by atoms with Gasteiger partial charge >= 0.3 is 5.97 Å². The van der Waals surface area contributed by atoms with Crippen LogP contribution in [0.15, 0.2) is 37.1 Å². The molecule has 5 heteroatoms. The normalized spacial score (nSPS) is 11.5. The molecule has 0 bridgehead atoms. The fourth-order valence-corrected chi connectivity index (χ4v) is 1.12. The molecule has 0 spiro atoms. The van der Waals surface area contributed by atoms with Gasteiger partial charge in [0.1, 0.15) is 11.7 Å². The Balaban J connectivity index is 2.69. The van der Waals surface area contributed by atoms with Crippen molar-refractivity contribution in [3.8, 4) is 0 Å². The van der Waals surface area contributed by atoms with Crippen LogP contribution in [0.25, 0.3) is 0 Å². The van der Waals surface area contributed by atoms with Gasteiger partial charge in [0.05, 0.1) is 0 Å². The first-order chi connectivity index (χ1) is 7.65. The molecule has 1 aromatic heterocycles. The van der Waals surface area contributed by atoms with E-state index in [1.54, 1.807) is 12.1 Å². The third-order valence-corrected chi connectivity index (χ3v) is 1.90. The van der Waals surface area contributed by atoms with Crippen LogP contribution in [0, 0.1) is 0 Å². The highest BCUT2D eigenvalue weighted by molar-refractivity contribution is 5.94. The van der Waals surface area contributed by atoms with E-state index in [0.717, 1.165) is 0 Å². The van der Waals surface area contributed by atoms with Crippen LogP contribution in [0.3, 0.4) is 0 Å². The molecule has 2 N–H and O–H groups in total. The summed E-state index contributed by atoms with van der Waals surface area (Å²) < 4.78 is 0. The van der Waals surface area contributed by atoms with Gasteiger partial charge < -0.3 is 10.4 Å². The Labute approximate surface area is 92.8 Å². The number of carbonyl (C=O) groups excluding carboxylic acids is 1. The molecular formula is C11H12N2O3. The minimum atomic E-state index is -1.09. The molecular weight excluding hydrogens is 208 g/mol. The lowest BCUT2D eigenvalue weighted by atomic mass is 10.2. The minimum absolute atomic E-state index is 0.175. The summed E-state index contributed by atoms with van der Waals surface area (Å²) in [6, 6.07) is 3.88. The molecule has 5 nitrogen and oxygen atoms in total. The molecule has 0 aliphatic heterocycles. The molecule has 0 saturated carbocycles. The van der Waals surface area contributed by atoms with Crippen molar-refractivity contribution in [2.45, 2.75) is 12.5 Å². The summed E-state index contributed by atoms with van der Waals surface area (Å²) in [4.78, 5) is 26.2. The van der Waals surface area contributed by atoms with Crippen LogP contribution in [0.4, 0.5) is 0 Å². The van der Waals surface area contributed by atoms with Gasteiger partial charge in [0.25, 0.3) is 5.91 Å². The van der Waals surface area contributed by atoms with Crippen LogP contribution in [0.1, 0.15) is 16.9 Å². The molecule has 1 heterocycles. The zero-order valence-electron chi connectivity index (χ0n) is 8.59. The average Bonchev–Trinajstić information content (AvgIpc) is 2.29. The van der Waals surface area contributed by atoms with Gasteiger partial charge in [0.15, 0.2) is 0 Å². The maximum atomic E-state index is 11.6. The van der Waals surface area contributed by atoms with Gasteiger partial charge in [0.2, 0.25) is 0 Å². The lowest BCUT2D eigenvalue weighted by Crippen LogP contribution is -2.40. The van der Waals surface area contributed by atoms with Crippen molar-refractivity contribution in [2.24, 2.45) is 0 Å². The first-order valence-electron chi connectivity index (χ1n) is 4.70. The summed E-state index contributed by atoms with van der Waals surface area (Å²) in [5.74, 6) is -1.60. The van der Waals surface area contributed by atoms with E-state index < -0.39 is 17.9 Å². The summed E-state index contributed by atoms with van der Waals surface area (Å²) in [6.07, 6.45) is 3.09. The van der Waals surface area contributed by atoms with Gasteiger partial charge in [-0.25, -0.2) is 4.79 Å². The fraction of sp³-hybridized carbons (Fsp3) is 0.182. The molecule has 16 heavy (non-hydrogen) atoms. The van der Waals surface area contributed by atoms with Gasteiger partial charge in [-0.3, -0.25) is 9.78 Å². The number of hydrogen-bond donors (Lipinski definition) is 2. The molecule has 84 valence electrons. The van der Waals surface area contributed by atoms with Crippen molar-refractivity contribution in [3.63, 3.8) is 0 Å². The second-order valence-electron chi connectivity index (χ2n) is 3.10. The van der Waals surface area contributed by atoms with Crippen LogP contribution >= 0.6 is 0 Å². The number of nitrogens with zero attached hydrogens (tertiary/aromatic N) is 1. The quantitative estimate of drug-likeness (QED) is 0.721. The minimum Gasteiger partial charge on any atom is -0.480 e. The van der Waals surface area contributed by atoms with E-state index in [-0.39, 0.29) is 12.1 Å². The first kappa shape index (κ1) is 11.9. The van der Waals surface area contributed by atoms with Crippen LogP contribution in [-0.4, -0.2) is 28.0 Å². The van der Waals surface area contributed by atoms with E-state index in [0.29, 0.717) is 0 Å². The van der Waals surface area contributed by atoms with Crippen LogP contribution in [0.5, 0.6) is 0 Å². The summed E-state index contributed by atoms with van der Waals surface area (Å²) in [5.41, 5.74) is 0.192. The number of hydrogen-bond acceptors (Lipinski definition) is 3. The topological polar surface area (TPSA) is 79.3 Å². The molecule has 1 aromatic rings. The molecule has 0 aliphatic rings. The number of nitrogens with one attached hydrogen (secondary N) is 1. The Kier molecular flexibility index (Phi) is 4.20. The number of rotatable bonds is 5. The van der Waals surface area contributed by atoms with Crippen molar-refractivity contribution in [1.82, 2.24) is 10.3 Å². The zero-order chi connectivity index (χ0) is 12.0. The molecule has 0 aliphatic carbocycles. The maximum Gasteiger partial charge on any atom is 0.326 e. The van der Waals surface area contributed by atoms with Crippen molar-refractivity contribution in [3.05, 3.63) is 42.7 Å². The summed E-state index contributed by atoms with van der Waals surface area (Å²) in [5, 5.41) is 11.2. The number of carboxylic acids is 1. The summed E-state index contributed by atoms with van der Waals surface area (Å²) >= 11 is 0. The molecule has 0 radical (unpaired) electrons. The monoisotopic (exact) mass is 220 g/mol. The van der Waals surface area contributed by atoms with Gasteiger partial charge in [-0.1, -0.05) is 12.1 Å². The predicted octanol–water partition coefficient (Wildman–Crippen LogP) is 0.841. The third-order valence-electron chi connectivity index (χ3n) is 1.90. The Morgan fingerprint density at radius 2 is 2.31 bits per heavy atom. The van der Waals surface area contributed by atoms with E-state index in [4.69, 9.17) is 5.11 Å². The number of aliphatic carboxylic acids is 1. The second kappa shape index (κ2) is 5.65. The molecule has 0 fully saturated rings. The highest BCUT2D eigenvalue weighted by Gasteiger charge is 2.19. The van der Waals surface area contributed by atoms with Crippen molar-refractivity contribution in [1.29, 1.82) is 0 Å². The number of aromatic nitrogens is 1. The third kappa shape index (κ3) is 3.20. The Bertz CT molecular complexity index is 389. The average molecular weight is 220 g/mol. The highest BCUT2D eigenvalue weighted by atomic mass is 16.4. The standard InChI is InChI=1S/C11H12N2O3/c1-2-5-9(11(15)16)13-10(14)8-6-3-4-7-12-8/h2-4,6-7,9H,1,5H2,(H,13,14)(H,15,16)/t9-/m0/s1. The Morgan fingerprint density at radius 3 is 2.81 bits per heavy atom. The van der Waals surface area contributed by atoms with Crippen LogP contribution < -0.4 is 5.32 Å². The Hall–Kier alpha value is -2.17. The fourth-order valence-electron chi connectivity index (χ4n) is 1.12. The van der Waals surface area contributed by atoms with Gasteiger partial charge in [-0.15, -0.1) is 6.58 Å². The van der Waals surface area contributed by atoms with Crippen molar-refractivity contribution in [2.75, 3.05) is 0 Å². The van der Waals surface area contributed by atoms with Crippen molar-refractivity contribution < 1.29 is 14.7 Å². The van der Waals surface area contributed by atoms with E-state index in [9.17, 15) is 9.59 Å². The summed E-state index contributed by atoms with van der Waals surface area (Å²) in [7, 11) is 0. The predicted molar refractivity (Wildman–Crippen MR) is 57.9 cm³/mol. The zero-order valence-corrected chi connectivity index (χ0v) is 8.59. The van der Waals surface area contributed by atoms with Crippen molar-refractivity contribution >= 4 is 11.9 Å². The largest absolute Gasteiger partial charge is 0.480 e. The first-order valence-corrected chi connectivity index (χ1v) is 4.70. The molecule has 1 amide bonds. The number of carbonyl (C=O) groups is 2. The number of carboxylic acid groups (broad SMARTS) is 1. The lowest BCUT2D eigenvalue weighted by molar-refractivity contribution is -0.139. The SMILES string of the molecule is C=CC[C@H](NC(=O)c1ccccn1)C(=O)O. The molecule has 1 rings (SSSR count). The van der Waals surface area contributed by atoms with Crippen LogP contribution in [0.2, 0.25) is 0 Å². The molecule has 1 atom stereocenters. The van der Waals surface area contributed by atoms with E-state index in [2.05, 4.69) is 16.9 Å². The number of pyridine rings is 1. The van der Waals surface area contributed by atoms with E-state index in [1.807, 2.05) is 0 Å². The second-order valence-corrected chi connectivity index (χ2v) is 3.10. The molecule has 0 unspecified atom stereocenters. The lowest BCUT2D eigenvalue weighted by Gasteiger charge is -2.11. The van der Waals surface area contributed by atoms with E-state index >= 15 is 0 Å². The van der Waals surface area contributed by atoms with Crippen LogP contribution in [-0.2, 0) is 4.79 Å². The van der Waals surface area contributed by atoms with E-state index in [1.165, 1.54) is 18.3 Å².